The molecule has 0 aromatic heterocycles. The van der Waals surface area contributed by atoms with Gasteiger partial charge >= 0.3 is 0 Å². The molecule has 0 amide bonds. The monoisotopic (exact) mass is 269 g/mol. The van der Waals surface area contributed by atoms with Gasteiger partial charge in [0.05, 0.1) is 6.61 Å². The van der Waals surface area contributed by atoms with E-state index in [-0.39, 0.29) is 11.4 Å². The van der Waals surface area contributed by atoms with Crippen LogP contribution in [0.4, 0.5) is 4.39 Å². The van der Waals surface area contributed by atoms with Crippen LogP contribution in [-0.4, -0.2) is 25.4 Å². The normalized spacial score (nSPS) is 11.6. The first-order valence-electron chi connectivity index (χ1n) is 6.66. The van der Waals surface area contributed by atoms with E-state index in [9.17, 15) is 4.39 Å². The van der Waals surface area contributed by atoms with E-state index in [4.69, 9.17) is 9.47 Å². The Morgan fingerprint density at radius 2 is 1.95 bits per heavy atom. The molecule has 0 spiro atoms. The van der Waals surface area contributed by atoms with Crippen LogP contribution in [0, 0.1) is 5.82 Å². The molecule has 0 aliphatic carbocycles. The predicted molar refractivity (Wildman–Crippen MR) is 75.0 cm³/mol. The van der Waals surface area contributed by atoms with E-state index in [0.29, 0.717) is 32.1 Å². The predicted octanol–water partition coefficient (Wildman–Crippen LogP) is 3.13. The average molecular weight is 269 g/mol. The Morgan fingerprint density at radius 1 is 1.21 bits per heavy atom. The van der Waals surface area contributed by atoms with Gasteiger partial charge in [0.2, 0.25) is 0 Å². The summed E-state index contributed by atoms with van der Waals surface area (Å²) in [6.45, 7) is 10.4. The molecule has 0 atom stereocenters. The molecule has 0 saturated carbocycles. The van der Waals surface area contributed by atoms with Gasteiger partial charge < -0.3 is 14.8 Å². The van der Waals surface area contributed by atoms with Crippen molar-refractivity contribution in [1.29, 1.82) is 0 Å². The molecule has 19 heavy (non-hydrogen) atoms. The van der Waals surface area contributed by atoms with Gasteiger partial charge in [-0.2, -0.15) is 0 Å². The maximum absolute atomic E-state index is 13.3. The van der Waals surface area contributed by atoms with Gasteiger partial charge in [0.15, 0.2) is 0 Å². The second-order valence-corrected chi connectivity index (χ2v) is 5.40. The molecule has 0 radical (unpaired) electrons. The van der Waals surface area contributed by atoms with Crippen molar-refractivity contribution in [3.8, 4) is 5.75 Å². The zero-order valence-corrected chi connectivity index (χ0v) is 12.3. The van der Waals surface area contributed by atoms with E-state index in [0.717, 1.165) is 5.56 Å². The number of halogens is 1. The average Bonchev–Trinajstić information content (AvgIpc) is 2.33. The van der Waals surface area contributed by atoms with Crippen LogP contribution in [0.1, 0.15) is 33.3 Å². The second kappa shape index (κ2) is 7.46. The molecule has 0 bridgehead atoms. The Kier molecular flexibility index (Phi) is 6.25. The SMILES string of the molecule is CCOCCOc1ccc(F)cc1CNC(C)(C)C. The van der Waals surface area contributed by atoms with Crippen LogP contribution in [0.3, 0.4) is 0 Å². The molecule has 0 aliphatic heterocycles. The van der Waals surface area contributed by atoms with Gasteiger partial charge in [-0.25, -0.2) is 4.39 Å². The molecule has 1 aromatic carbocycles. The number of hydrogen-bond donors (Lipinski definition) is 1. The van der Waals surface area contributed by atoms with E-state index in [1.165, 1.54) is 12.1 Å². The van der Waals surface area contributed by atoms with Crippen LogP contribution < -0.4 is 10.1 Å². The first kappa shape index (κ1) is 15.9. The van der Waals surface area contributed by atoms with Gasteiger partial charge in [0.1, 0.15) is 18.2 Å². The lowest BCUT2D eigenvalue weighted by molar-refractivity contribution is 0.109. The van der Waals surface area contributed by atoms with Crippen LogP contribution in [0.2, 0.25) is 0 Å². The third-order valence-corrected chi connectivity index (χ3v) is 2.52. The van der Waals surface area contributed by atoms with Gasteiger partial charge in [0, 0.05) is 24.3 Å². The summed E-state index contributed by atoms with van der Waals surface area (Å²) in [6, 6.07) is 4.59. The van der Waals surface area contributed by atoms with Crippen LogP contribution in [-0.2, 0) is 11.3 Å². The minimum Gasteiger partial charge on any atom is -0.491 e. The van der Waals surface area contributed by atoms with E-state index < -0.39 is 0 Å². The summed E-state index contributed by atoms with van der Waals surface area (Å²) in [4.78, 5) is 0. The Hall–Kier alpha value is -1.13. The fourth-order valence-electron chi connectivity index (χ4n) is 1.54. The standard InChI is InChI=1S/C15H24FNO2/c1-5-18-8-9-19-14-7-6-13(16)10-12(14)11-17-15(2,3)4/h6-7,10,17H,5,8-9,11H2,1-4H3. The first-order valence-corrected chi connectivity index (χ1v) is 6.66. The molecule has 1 rings (SSSR count). The molecular weight excluding hydrogens is 245 g/mol. The number of benzene rings is 1. The van der Waals surface area contributed by atoms with Gasteiger partial charge in [-0.05, 0) is 45.9 Å². The quantitative estimate of drug-likeness (QED) is 0.771. The number of nitrogens with one attached hydrogen (secondary N) is 1. The van der Waals surface area contributed by atoms with E-state index in [1.807, 2.05) is 6.92 Å². The smallest absolute Gasteiger partial charge is 0.124 e. The summed E-state index contributed by atoms with van der Waals surface area (Å²) >= 11 is 0. The molecule has 0 saturated heterocycles. The van der Waals surface area contributed by atoms with E-state index in [2.05, 4.69) is 26.1 Å². The van der Waals surface area contributed by atoms with Gasteiger partial charge in [-0.1, -0.05) is 0 Å². The lowest BCUT2D eigenvalue weighted by Gasteiger charge is -2.21. The number of rotatable bonds is 7. The summed E-state index contributed by atoms with van der Waals surface area (Å²) in [5.41, 5.74) is 0.806. The molecule has 1 aromatic rings. The minimum atomic E-state index is -0.247. The highest BCUT2D eigenvalue weighted by atomic mass is 19.1. The summed E-state index contributed by atoms with van der Waals surface area (Å²) in [5.74, 6) is 0.459. The zero-order chi connectivity index (χ0) is 14.3. The largest absolute Gasteiger partial charge is 0.491 e. The third kappa shape index (κ3) is 6.55. The minimum absolute atomic E-state index is 0.0189. The molecule has 0 heterocycles. The Labute approximate surface area is 115 Å². The highest BCUT2D eigenvalue weighted by Gasteiger charge is 2.11. The highest BCUT2D eigenvalue weighted by molar-refractivity contribution is 5.34. The number of hydrogen-bond acceptors (Lipinski definition) is 3. The van der Waals surface area contributed by atoms with Crippen molar-refractivity contribution in [1.82, 2.24) is 5.32 Å². The third-order valence-electron chi connectivity index (χ3n) is 2.52. The van der Waals surface area contributed by atoms with Gasteiger partial charge in [0.25, 0.3) is 0 Å². The Bertz CT molecular complexity index is 388. The first-order chi connectivity index (χ1) is 8.92. The fourth-order valence-corrected chi connectivity index (χ4v) is 1.54. The Balaban J connectivity index is 2.63. The van der Waals surface area contributed by atoms with Gasteiger partial charge in [-0.3, -0.25) is 0 Å². The molecular formula is C15H24FNO2. The van der Waals surface area contributed by atoms with Crippen molar-refractivity contribution >= 4 is 0 Å². The molecule has 0 unspecified atom stereocenters. The number of ether oxygens (including phenoxy) is 2. The molecule has 4 heteroatoms. The summed E-state index contributed by atoms with van der Waals surface area (Å²) in [5, 5.41) is 3.33. The van der Waals surface area contributed by atoms with Crippen molar-refractivity contribution < 1.29 is 13.9 Å². The molecule has 108 valence electrons. The van der Waals surface area contributed by atoms with Crippen molar-refractivity contribution in [2.24, 2.45) is 0 Å². The Morgan fingerprint density at radius 3 is 2.58 bits per heavy atom. The van der Waals surface area contributed by atoms with Crippen molar-refractivity contribution in [3.63, 3.8) is 0 Å². The molecule has 0 fully saturated rings. The van der Waals surface area contributed by atoms with Crippen molar-refractivity contribution in [2.75, 3.05) is 19.8 Å². The maximum atomic E-state index is 13.3. The van der Waals surface area contributed by atoms with E-state index >= 15 is 0 Å². The van der Waals surface area contributed by atoms with Crippen LogP contribution >= 0.6 is 0 Å². The maximum Gasteiger partial charge on any atom is 0.124 e. The highest BCUT2D eigenvalue weighted by Crippen LogP contribution is 2.20. The molecule has 1 N–H and O–H groups in total. The van der Waals surface area contributed by atoms with Crippen LogP contribution in [0.25, 0.3) is 0 Å². The summed E-state index contributed by atoms with van der Waals surface area (Å²) in [6.07, 6.45) is 0. The zero-order valence-electron chi connectivity index (χ0n) is 12.3. The summed E-state index contributed by atoms with van der Waals surface area (Å²) < 4.78 is 24.1. The van der Waals surface area contributed by atoms with Crippen molar-refractivity contribution in [3.05, 3.63) is 29.6 Å². The van der Waals surface area contributed by atoms with Crippen LogP contribution in [0.15, 0.2) is 18.2 Å². The van der Waals surface area contributed by atoms with E-state index in [1.54, 1.807) is 6.07 Å². The topological polar surface area (TPSA) is 30.5 Å². The second-order valence-electron chi connectivity index (χ2n) is 5.40. The molecule has 0 aliphatic rings. The van der Waals surface area contributed by atoms with Gasteiger partial charge in [-0.15, -0.1) is 0 Å². The van der Waals surface area contributed by atoms with Crippen LogP contribution in [0.5, 0.6) is 5.75 Å². The molecule has 3 nitrogen and oxygen atoms in total. The van der Waals surface area contributed by atoms with Crippen molar-refractivity contribution in [2.45, 2.75) is 39.8 Å². The lowest BCUT2D eigenvalue weighted by Crippen LogP contribution is -2.35. The lowest BCUT2D eigenvalue weighted by atomic mass is 10.1. The fraction of sp³-hybridized carbons (Fsp3) is 0.600. The summed E-state index contributed by atoms with van der Waals surface area (Å²) in [7, 11) is 0.